The van der Waals surface area contributed by atoms with Gasteiger partial charge >= 0.3 is 5.97 Å². The first-order valence-electron chi connectivity index (χ1n) is 5.12. The lowest BCUT2D eigenvalue weighted by Gasteiger charge is -2.15. The van der Waals surface area contributed by atoms with Crippen LogP contribution in [-0.2, 0) is 21.3 Å². The van der Waals surface area contributed by atoms with Gasteiger partial charge in [-0.15, -0.1) is 0 Å². The summed E-state index contributed by atoms with van der Waals surface area (Å²) in [6, 6.07) is 3.53. The van der Waals surface area contributed by atoms with Crippen LogP contribution in [0.3, 0.4) is 0 Å². The van der Waals surface area contributed by atoms with Crippen LogP contribution in [0.25, 0.3) is 0 Å². The van der Waals surface area contributed by atoms with Crippen molar-refractivity contribution in [2.45, 2.75) is 24.9 Å². The van der Waals surface area contributed by atoms with Crippen molar-refractivity contribution in [1.29, 1.82) is 0 Å². The number of carboxylic acid groups (broad SMARTS) is 1. The van der Waals surface area contributed by atoms with Crippen LogP contribution in [0, 0.1) is 5.92 Å². The van der Waals surface area contributed by atoms with Gasteiger partial charge in [0.2, 0.25) is 0 Å². The van der Waals surface area contributed by atoms with Crippen molar-refractivity contribution in [3.05, 3.63) is 28.5 Å². The summed E-state index contributed by atoms with van der Waals surface area (Å²) in [7, 11) is -1.45. The Labute approximate surface area is 111 Å². The van der Waals surface area contributed by atoms with Crippen molar-refractivity contribution < 1.29 is 14.1 Å². The maximum atomic E-state index is 12.0. The van der Waals surface area contributed by atoms with Crippen LogP contribution in [0.15, 0.2) is 22.8 Å². The number of hydrogen-bond acceptors (Lipinski definition) is 3. The zero-order valence-corrected chi connectivity index (χ0v) is 12.0. The van der Waals surface area contributed by atoms with Crippen LogP contribution in [0.2, 0.25) is 0 Å². The fraction of sp³-hybridized carbons (Fsp3) is 0.455. The summed E-state index contributed by atoms with van der Waals surface area (Å²) in [6.45, 7) is 3.51. The predicted octanol–water partition coefficient (Wildman–Crippen LogP) is 2.20. The summed E-state index contributed by atoms with van der Waals surface area (Å²) in [6.07, 6.45) is 1.61. The minimum atomic E-state index is -1.45. The monoisotopic (exact) mass is 319 g/mol. The Bertz CT molecular complexity index is 419. The molecule has 0 saturated carbocycles. The van der Waals surface area contributed by atoms with Crippen LogP contribution in [0.1, 0.15) is 19.5 Å². The summed E-state index contributed by atoms with van der Waals surface area (Å²) < 4.78 is 12.8. The molecule has 0 bridgehead atoms. The molecule has 1 rings (SSSR count). The first kappa shape index (κ1) is 14.3. The van der Waals surface area contributed by atoms with Gasteiger partial charge in [-0.1, -0.05) is 13.8 Å². The number of aliphatic carboxylic acids is 1. The molecule has 0 aliphatic carbocycles. The maximum absolute atomic E-state index is 12.0. The van der Waals surface area contributed by atoms with Crippen LogP contribution in [-0.4, -0.2) is 25.5 Å². The second kappa shape index (κ2) is 6.26. The molecule has 1 aromatic heterocycles. The lowest BCUT2D eigenvalue weighted by atomic mass is 10.1. The highest BCUT2D eigenvalue weighted by Gasteiger charge is 2.28. The molecule has 94 valence electrons. The van der Waals surface area contributed by atoms with Crippen molar-refractivity contribution in [1.82, 2.24) is 4.98 Å². The molecule has 1 heterocycles. The second-order valence-electron chi connectivity index (χ2n) is 4.00. The van der Waals surface area contributed by atoms with Gasteiger partial charge in [0.1, 0.15) is 5.25 Å². The number of hydrogen-bond donors (Lipinski definition) is 1. The first-order chi connectivity index (χ1) is 7.91. The fourth-order valence-corrected chi connectivity index (χ4v) is 3.14. The highest BCUT2D eigenvalue weighted by atomic mass is 79.9. The average Bonchev–Trinajstić information content (AvgIpc) is 2.20. The molecular formula is C11H14BrNO3S. The van der Waals surface area contributed by atoms with E-state index in [2.05, 4.69) is 20.9 Å². The van der Waals surface area contributed by atoms with E-state index in [0.29, 0.717) is 5.69 Å². The molecule has 0 aliphatic rings. The molecule has 0 amide bonds. The van der Waals surface area contributed by atoms with Gasteiger partial charge in [-0.25, -0.2) is 0 Å². The molecule has 0 radical (unpaired) electrons. The molecule has 0 aliphatic heterocycles. The molecule has 0 fully saturated rings. The molecule has 2 atom stereocenters. The number of nitrogens with zero attached hydrogens (tertiary/aromatic N) is 1. The Balaban J connectivity index is 2.77. The van der Waals surface area contributed by atoms with Gasteiger partial charge in [0.05, 0.1) is 11.4 Å². The summed E-state index contributed by atoms with van der Waals surface area (Å²) in [5, 5.41) is 8.17. The van der Waals surface area contributed by atoms with E-state index in [-0.39, 0.29) is 11.7 Å². The lowest BCUT2D eigenvalue weighted by Crippen LogP contribution is -2.31. The minimum absolute atomic E-state index is 0.163. The molecule has 0 spiro atoms. The van der Waals surface area contributed by atoms with Gasteiger partial charge in [0, 0.05) is 21.5 Å². The summed E-state index contributed by atoms with van der Waals surface area (Å²) in [5.41, 5.74) is 0.637. The molecule has 6 heteroatoms. The van der Waals surface area contributed by atoms with Gasteiger partial charge in [-0.2, -0.15) is 0 Å². The number of rotatable bonds is 5. The average molecular weight is 320 g/mol. The first-order valence-corrected chi connectivity index (χ1v) is 7.29. The summed E-state index contributed by atoms with van der Waals surface area (Å²) >= 11 is 3.25. The quantitative estimate of drug-likeness (QED) is 0.903. The Hall–Kier alpha value is -0.750. The molecular weight excluding hydrogens is 306 g/mol. The van der Waals surface area contributed by atoms with E-state index >= 15 is 0 Å². The topological polar surface area (TPSA) is 67.3 Å². The van der Waals surface area contributed by atoms with E-state index in [1.807, 2.05) is 0 Å². The third kappa shape index (κ3) is 4.20. The van der Waals surface area contributed by atoms with Crippen LogP contribution < -0.4 is 0 Å². The zero-order chi connectivity index (χ0) is 13.0. The van der Waals surface area contributed by atoms with Crippen molar-refractivity contribution >= 4 is 32.7 Å². The number of halogens is 1. The van der Waals surface area contributed by atoms with E-state index in [1.54, 1.807) is 32.2 Å². The number of carboxylic acids is 1. The fourth-order valence-electron chi connectivity index (χ4n) is 1.43. The smallest absolute Gasteiger partial charge is 0.319 e. The summed E-state index contributed by atoms with van der Waals surface area (Å²) in [5.74, 6) is -1.01. The molecule has 0 aromatic carbocycles. The van der Waals surface area contributed by atoms with Crippen molar-refractivity contribution in [3.63, 3.8) is 0 Å². The van der Waals surface area contributed by atoms with Gasteiger partial charge in [0.25, 0.3) is 0 Å². The van der Waals surface area contributed by atoms with Crippen LogP contribution in [0.5, 0.6) is 0 Å². The Morgan fingerprint density at radius 1 is 1.53 bits per heavy atom. The number of pyridine rings is 1. The molecule has 17 heavy (non-hydrogen) atoms. The highest BCUT2D eigenvalue weighted by molar-refractivity contribution is 9.10. The van der Waals surface area contributed by atoms with Crippen LogP contribution >= 0.6 is 15.9 Å². The third-order valence-corrected chi connectivity index (χ3v) is 4.57. The molecule has 2 unspecified atom stereocenters. The van der Waals surface area contributed by atoms with Crippen molar-refractivity contribution in [3.8, 4) is 0 Å². The van der Waals surface area contributed by atoms with E-state index in [0.717, 1.165) is 4.47 Å². The maximum Gasteiger partial charge on any atom is 0.319 e. The molecule has 4 nitrogen and oxygen atoms in total. The van der Waals surface area contributed by atoms with Gasteiger partial charge in [-0.05, 0) is 34.0 Å². The highest BCUT2D eigenvalue weighted by Crippen LogP contribution is 2.15. The van der Waals surface area contributed by atoms with E-state index in [4.69, 9.17) is 5.11 Å². The molecule has 0 saturated heterocycles. The Morgan fingerprint density at radius 2 is 2.18 bits per heavy atom. The standard InChI is InChI=1S/C11H14BrNO3S/c1-7(2)10(11(14)15)17(16)6-9-4-3-8(12)5-13-9/h3-5,7,10H,6H2,1-2H3,(H,14,15). The summed E-state index contributed by atoms with van der Waals surface area (Å²) in [4.78, 5) is 15.1. The second-order valence-corrected chi connectivity index (χ2v) is 6.47. The minimum Gasteiger partial charge on any atom is -0.480 e. The largest absolute Gasteiger partial charge is 0.480 e. The van der Waals surface area contributed by atoms with Crippen molar-refractivity contribution in [2.24, 2.45) is 5.92 Å². The third-order valence-electron chi connectivity index (χ3n) is 2.21. The van der Waals surface area contributed by atoms with Crippen LogP contribution in [0.4, 0.5) is 0 Å². The number of aromatic nitrogens is 1. The van der Waals surface area contributed by atoms with Crippen molar-refractivity contribution in [2.75, 3.05) is 0 Å². The van der Waals surface area contributed by atoms with Gasteiger partial charge < -0.3 is 5.11 Å². The van der Waals surface area contributed by atoms with E-state index in [1.165, 1.54) is 0 Å². The normalized spacial score (nSPS) is 14.6. The zero-order valence-electron chi connectivity index (χ0n) is 9.59. The van der Waals surface area contributed by atoms with Gasteiger partial charge in [0.15, 0.2) is 0 Å². The molecule has 1 aromatic rings. The molecule has 1 N–H and O–H groups in total. The van der Waals surface area contributed by atoms with Gasteiger partial charge in [-0.3, -0.25) is 14.0 Å². The Morgan fingerprint density at radius 3 is 2.59 bits per heavy atom. The SMILES string of the molecule is CC(C)C(C(=O)O)S(=O)Cc1ccc(Br)cn1. The van der Waals surface area contributed by atoms with E-state index in [9.17, 15) is 9.00 Å². The van der Waals surface area contributed by atoms with E-state index < -0.39 is 22.0 Å². The predicted molar refractivity (Wildman–Crippen MR) is 70.0 cm³/mol. The lowest BCUT2D eigenvalue weighted by molar-refractivity contribution is -0.137. The Kier molecular flexibility index (Phi) is 5.27. The number of carbonyl (C=O) groups is 1.